The molecule has 0 saturated heterocycles. The van der Waals surface area contributed by atoms with Gasteiger partial charge in [0.15, 0.2) is 0 Å². The maximum atomic E-state index is 12.5. The van der Waals surface area contributed by atoms with E-state index in [0.29, 0.717) is 11.4 Å². The van der Waals surface area contributed by atoms with Crippen molar-refractivity contribution in [2.75, 3.05) is 15.4 Å². The first kappa shape index (κ1) is 21.9. The van der Waals surface area contributed by atoms with Gasteiger partial charge < -0.3 is 10.6 Å². The number of carbonyl (C=O) groups excluding carboxylic acids is 2. The average molecular weight is 468 g/mol. The molecule has 9 heteroatoms. The van der Waals surface area contributed by atoms with Gasteiger partial charge in [-0.3, -0.25) is 14.3 Å². The Morgan fingerprint density at radius 3 is 2.34 bits per heavy atom. The van der Waals surface area contributed by atoms with Crippen LogP contribution in [0, 0.1) is 6.92 Å². The summed E-state index contributed by atoms with van der Waals surface area (Å²) in [5, 5.41) is 5.05. The normalized spacial score (nSPS) is 15.4. The molecule has 1 unspecified atom stereocenters. The van der Waals surface area contributed by atoms with E-state index in [9.17, 15) is 18.0 Å². The second-order valence-electron chi connectivity index (χ2n) is 7.34. The zero-order valence-electron chi connectivity index (χ0n) is 17.2. The number of hydrogen-bond donors (Lipinski definition) is 3. The van der Waals surface area contributed by atoms with Gasteiger partial charge in [-0.1, -0.05) is 29.8 Å². The fourth-order valence-corrected chi connectivity index (χ4v) is 5.33. The van der Waals surface area contributed by atoms with E-state index in [2.05, 4.69) is 15.4 Å². The second-order valence-corrected chi connectivity index (χ2v) is 10.3. The molecule has 3 aromatic rings. The highest BCUT2D eigenvalue weighted by atomic mass is 32.2. The van der Waals surface area contributed by atoms with Crippen molar-refractivity contribution >= 4 is 50.7 Å². The van der Waals surface area contributed by atoms with Crippen LogP contribution in [0.3, 0.4) is 0 Å². The van der Waals surface area contributed by atoms with Gasteiger partial charge in [-0.25, -0.2) is 8.42 Å². The van der Waals surface area contributed by atoms with Crippen LogP contribution in [-0.4, -0.2) is 25.5 Å². The lowest BCUT2D eigenvalue weighted by Gasteiger charge is -2.23. The molecule has 3 aromatic carbocycles. The Morgan fingerprint density at radius 2 is 1.62 bits per heavy atom. The number of anilines is 3. The number of rotatable bonds is 6. The van der Waals surface area contributed by atoms with Crippen molar-refractivity contribution < 1.29 is 18.0 Å². The van der Waals surface area contributed by atoms with Crippen LogP contribution in [0.1, 0.15) is 12.0 Å². The lowest BCUT2D eigenvalue weighted by Crippen LogP contribution is -2.32. The van der Waals surface area contributed by atoms with E-state index in [1.54, 1.807) is 48.5 Å². The Labute approximate surface area is 190 Å². The number of aryl methyl sites for hydroxylation is 1. The van der Waals surface area contributed by atoms with Crippen molar-refractivity contribution in [3.05, 3.63) is 78.4 Å². The maximum absolute atomic E-state index is 12.5. The Bertz CT molecular complexity index is 1260. The highest BCUT2D eigenvalue weighted by molar-refractivity contribution is 8.01. The Morgan fingerprint density at radius 1 is 0.969 bits per heavy atom. The first-order chi connectivity index (χ1) is 15.3. The molecule has 1 atom stereocenters. The molecule has 32 heavy (non-hydrogen) atoms. The van der Waals surface area contributed by atoms with Gasteiger partial charge in [0.25, 0.3) is 10.0 Å². The van der Waals surface area contributed by atoms with Crippen LogP contribution < -0.4 is 15.4 Å². The van der Waals surface area contributed by atoms with Gasteiger partial charge >= 0.3 is 0 Å². The quantitative estimate of drug-likeness (QED) is 0.503. The van der Waals surface area contributed by atoms with Gasteiger partial charge in [0.2, 0.25) is 11.8 Å². The van der Waals surface area contributed by atoms with Crippen LogP contribution in [0.15, 0.2) is 82.6 Å². The molecule has 1 heterocycles. The first-order valence-electron chi connectivity index (χ1n) is 9.86. The summed E-state index contributed by atoms with van der Waals surface area (Å²) in [5.41, 5.74) is 2.61. The predicted octanol–water partition coefficient (Wildman–Crippen LogP) is 4.24. The zero-order valence-corrected chi connectivity index (χ0v) is 18.8. The third-order valence-corrected chi connectivity index (χ3v) is 7.50. The van der Waals surface area contributed by atoms with Crippen LogP contribution in [0.2, 0.25) is 0 Å². The summed E-state index contributed by atoms with van der Waals surface area (Å²) in [5.74, 6) is -0.505. The fourth-order valence-electron chi connectivity index (χ4n) is 3.16. The predicted molar refractivity (Wildman–Crippen MR) is 126 cm³/mol. The third kappa shape index (κ3) is 5.12. The highest BCUT2D eigenvalue weighted by Gasteiger charge is 2.28. The number of amides is 2. The van der Waals surface area contributed by atoms with E-state index in [-0.39, 0.29) is 23.1 Å². The molecule has 0 bridgehead atoms. The molecule has 1 aliphatic rings. The number of sulfonamides is 1. The van der Waals surface area contributed by atoms with Crippen molar-refractivity contribution in [3.8, 4) is 0 Å². The SMILES string of the molecule is Cc1ccc(S(=O)(=O)Nc2ccc(NC(=O)CC3Sc4ccccc4NC3=O)cc2)cc1. The molecule has 0 aliphatic carbocycles. The lowest BCUT2D eigenvalue weighted by molar-refractivity contribution is -0.120. The van der Waals surface area contributed by atoms with E-state index in [0.717, 1.165) is 16.1 Å². The lowest BCUT2D eigenvalue weighted by atomic mass is 10.2. The van der Waals surface area contributed by atoms with Crippen molar-refractivity contribution in [1.29, 1.82) is 0 Å². The molecular formula is C23H21N3O4S2. The number of nitrogens with one attached hydrogen (secondary N) is 3. The zero-order chi connectivity index (χ0) is 22.7. The van der Waals surface area contributed by atoms with E-state index in [1.807, 2.05) is 31.2 Å². The van der Waals surface area contributed by atoms with Crippen molar-refractivity contribution in [1.82, 2.24) is 0 Å². The second kappa shape index (κ2) is 9.05. The minimum absolute atomic E-state index is 0.0205. The molecule has 0 radical (unpaired) electrons. The number of carbonyl (C=O) groups is 2. The van der Waals surface area contributed by atoms with Gasteiger partial charge in [-0.2, -0.15) is 0 Å². The van der Waals surface area contributed by atoms with Gasteiger partial charge in [0.1, 0.15) is 0 Å². The minimum atomic E-state index is -3.70. The molecule has 2 amide bonds. The molecular weight excluding hydrogens is 446 g/mol. The van der Waals surface area contributed by atoms with Gasteiger partial charge in [-0.05, 0) is 55.5 Å². The summed E-state index contributed by atoms with van der Waals surface area (Å²) < 4.78 is 27.5. The molecule has 0 spiro atoms. The molecule has 4 rings (SSSR count). The van der Waals surface area contributed by atoms with E-state index < -0.39 is 15.3 Å². The summed E-state index contributed by atoms with van der Waals surface area (Å²) >= 11 is 1.36. The van der Waals surface area contributed by atoms with Crippen LogP contribution in [-0.2, 0) is 19.6 Å². The monoisotopic (exact) mass is 467 g/mol. The van der Waals surface area contributed by atoms with Crippen LogP contribution >= 0.6 is 11.8 Å². The molecule has 7 nitrogen and oxygen atoms in total. The standard InChI is InChI=1S/C23H21N3O4S2/c1-15-6-12-18(13-7-15)32(29,30)26-17-10-8-16(9-11-17)24-22(27)14-21-23(28)25-19-4-2-3-5-20(19)31-21/h2-13,21,26H,14H2,1H3,(H,24,27)(H,25,28). The topological polar surface area (TPSA) is 104 Å². The number of para-hydroxylation sites is 1. The van der Waals surface area contributed by atoms with Crippen molar-refractivity contribution in [2.45, 2.75) is 28.4 Å². The summed E-state index contributed by atoms with van der Waals surface area (Å²) in [7, 11) is -3.70. The molecule has 0 fully saturated rings. The third-order valence-electron chi connectivity index (χ3n) is 4.83. The summed E-state index contributed by atoms with van der Waals surface area (Å²) in [4.78, 5) is 25.8. The number of benzene rings is 3. The van der Waals surface area contributed by atoms with Crippen molar-refractivity contribution in [3.63, 3.8) is 0 Å². The fraction of sp³-hybridized carbons (Fsp3) is 0.130. The smallest absolute Gasteiger partial charge is 0.261 e. The Balaban J connectivity index is 1.36. The van der Waals surface area contributed by atoms with E-state index >= 15 is 0 Å². The number of hydrogen-bond acceptors (Lipinski definition) is 5. The first-order valence-corrected chi connectivity index (χ1v) is 12.2. The van der Waals surface area contributed by atoms with E-state index in [4.69, 9.17) is 0 Å². The largest absolute Gasteiger partial charge is 0.326 e. The van der Waals surface area contributed by atoms with Gasteiger partial charge in [-0.15, -0.1) is 11.8 Å². The van der Waals surface area contributed by atoms with Gasteiger partial charge in [0.05, 0.1) is 15.8 Å². The van der Waals surface area contributed by atoms with E-state index in [1.165, 1.54) is 11.8 Å². The average Bonchev–Trinajstić information content (AvgIpc) is 2.76. The highest BCUT2D eigenvalue weighted by Crippen LogP contribution is 2.36. The Kier molecular flexibility index (Phi) is 6.20. The number of fused-ring (bicyclic) bond motifs is 1. The Hall–Kier alpha value is -3.30. The molecule has 0 aromatic heterocycles. The van der Waals surface area contributed by atoms with Crippen LogP contribution in [0.25, 0.3) is 0 Å². The van der Waals surface area contributed by atoms with Crippen molar-refractivity contribution in [2.24, 2.45) is 0 Å². The molecule has 0 saturated carbocycles. The maximum Gasteiger partial charge on any atom is 0.261 e. The summed E-state index contributed by atoms with van der Waals surface area (Å²) in [6, 6.07) is 20.4. The summed E-state index contributed by atoms with van der Waals surface area (Å²) in [6.07, 6.45) is 0.0205. The minimum Gasteiger partial charge on any atom is -0.326 e. The summed E-state index contributed by atoms with van der Waals surface area (Å²) in [6.45, 7) is 1.88. The molecule has 1 aliphatic heterocycles. The molecule has 3 N–H and O–H groups in total. The molecule has 164 valence electrons. The number of thioether (sulfide) groups is 1. The van der Waals surface area contributed by atoms with Gasteiger partial charge in [0, 0.05) is 22.7 Å². The van der Waals surface area contributed by atoms with Crippen LogP contribution in [0.4, 0.5) is 17.1 Å². The van der Waals surface area contributed by atoms with Crippen LogP contribution in [0.5, 0.6) is 0 Å².